The number of hydrogen-bond donors (Lipinski definition) is 0. The maximum atomic E-state index is 3.79. The first kappa shape index (κ1) is 8.15. The standard InChI is InChI=1S/C8H11S2/c1-2-5-9-7-8-4-3-6-10-8/h3-4,6H,1-2,5,7H2. The number of thioether (sulfide) groups is 1. The maximum absolute atomic E-state index is 3.79. The fourth-order valence-corrected chi connectivity index (χ4v) is 2.33. The Morgan fingerprint density at radius 3 is 3.10 bits per heavy atom. The molecular weight excluding hydrogens is 160 g/mol. The molecule has 1 aromatic heterocycles. The molecule has 1 radical (unpaired) electrons. The van der Waals surface area contributed by atoms with E-state index in [0.29, 0.717) is 0 Å². The van der Waals surface area contributed by atoms with Gasteiger partial charge in [0.2, 0.25) is 0 Å². The Kier molecular flexibility index (Phi) is 3.91. The van der Waals surface area contributed by atoms with Crippen molar-refractivity contribution in [3.8, 4) is 0 Å². The molecule has 0 N–H and O–H groups in total. The summed E-state index contributed by atoms with van der Waals surface area (Å²) in [4.78, 5) is 1.47. The Morgan fingerprint density at radius 1 is 1.60 bits per heavy atom. The average Bonchev–Trinajstić information content (AvgIpc) is 2.41. The van der Waals surface area contributed by atoms with Gasteiger partial charge in [-0.1, -0.05) is 13.0 Å². The van der Waals surface area contributed by atoms with E-state index in [9.17, 15) is 0 Å². The van der Waals surface area contributed by atoms with Crippen LogP contribution in [-0.2, 0) is 5.75 Å². The first-order chi connectivity index (χ1) is 4.93. The summed E-state index contributed by atoms with van der Waals surface area (Å²) >= 11 is 3.79. The first-order valence-corrected chi connectivity index (χ1v) is 5.36. The second-order valence-electron chi connectivity index (χ2n) is 1.99. The Balaban J connectivity index is 2.15. The van der Waals surface area contributed by atoms with Gasteiger partial charge in [0.1, 0.15) is 0 Å². The Morgan fingerprint density at radius 2 is 2.50 bits per heavy atom. The minimum Gasteiger partial charge on any atom is -0.156 e. The van der Waals surface area contributed by atoms with Crippen LogP contribution in [0.2, 0.25) is 0 Å². The monoisotopic (exact) mass is 171 g/mol. The van der Waals surface area contributed by atoms with Gasteiger partial charge >= 0.3 is 0 Å². The van der Waals surface area contributed by atoms with Crippen molar-refractivity contribution >= 4 is 23.1 Å². The van der Waals surface area contributed by atoms with Crippen molar-refractivity contribution in [3.63, 3.8) is 0 Å². The predicted molar refractivity (Wildman–Crippen MR) is 50.5 cm³/mol. The molecule has 2 heteroatoms. The van der Waals surface area contributed by atoms with E-state index in [2.05, 4.69) is 24.4 Å². The van der Waals surface area contributed by atoms with E-state index >= 15 is 0 Å². The highest BCUT2D eigenvalue weighted by Crippen LogP contribution is 2.16. The van der Waals surface area contributed by atoms with Crippen molar-refractivity contribution in [2.45, 2.75) is 12.2 Å². The Labute approximate surface area is 70.7 Å². The lowest BCUT2D eigenvalue weighted by molar-refractivity contribution is 1.24. The van der Waals surface area contributed by atoms with Gasteiger partial charge < -0.3 is 0 Å². The fraction of sp³-hybridized carbons (Fsp3) is 0.375. The molecule has 0 amide bonds. The van der Waals surface area contributed by atoms with Crippen LogP contribution in [0.5, 0.6) is 0 Å². The molecule has 1 rings (SSSR count). The highest BCUT2D eigenvalue weighted by Gasteiger charge is 1.91. The Hall–Kier alpha value is 0.0500. The molecule has 0 atom stereocenters. The molecule has 1 aromatic rings. The molecule has 1 heterocycles. The van der Waals surface area contributed by atoms with E-state index < -0.39 is 0 Å². The molecule has 10 heavy (non-hydrogen) atoms. The predicted octanol–water partition coefficient (Wildman–Crippen LogP) is 3.21. The smallest absolute Gasteiger partial charge is 0.0278 e. The lowest BCUT2D eigenvalue weighted by Crippen LogP contribution is -1.75. The van der Waals surface area contributed by atoms with E-state index in [0.717, 1.165) is 12.2 Å². The van der Waals surface area contributed by atoms with Gasteiger partial charge in [-0.25, -0.2) is 0 Å². The van der Waals surface area contributed by atoms with Crippen molar-refractivity contribution in [2.75, 3.05) is 5.75 Å². The van der Waals surface area contributed by atoms with Crippen LogP contribution in [0.1, 0.15) is 11.3 Å². The van der Waals surface area contributed by atoms with Crippen molar-refractivity contribution in [3.05, 3.63) is 29.3 Å². The normalized spacial score (nSPS) is 10.1. The quantitative estimate of drug-likeness (QED) is 0.627. The zero-order valence-electron chi connectivity index (χ0n) is 5.88. The molecule has 0 saturated heterocycles. The molecule has 0 aliphatic rings. The highest BCUT2D eigenvalue weighted by molar-refractivity contribution is 7.98. The largest absolute Gasteiger partial charge is 0.156 e. The van der Waals surface area contributed by atoms with E-state index in [1.165, 1.54) is 10.6 Å². The number of thiophene rings is 1. The van der Waals surface area contributed by atoms with Crippen LogP contribution in [0, 0.1) is 6.92 Å². The molecule has 0 fully saturated rings. The van der Waals surface area contributed by atoms with Crippen LogP contribution in [0.3, 0.4) is 0 Å². The van der Waals surface area contributed by atoms with Crippen molar-refractivity contribution in [1.82, 2.24) is 0 Å². The van der Waals surface area contributed by atoms with Crippen LogP contribution >= 0.6 is 23.1 Å². The molecular formula is C8H11S2. The topological polar surface area (TPSA) is 0 Å². The lowest BCUT2D eigenvalue weighted by atomic mass is 10.5. The van der Waals surface area contributed by atoms with E-state index in [-0.39, 0.29) is 0 Å². The van der Waals surface area contributed by atoms with Gasteiger partial charge in [-0.3, -0.25) is 0 Å². The molecule has 55 valence electrons. The van der Waals surface area contributed by atoms with Gasteiger partial charge in [-0.05, 0) is 23.6 Å². The van der Waals surface area contributed by atoms with Gasteiger partial charge in [0.15, 0.2) is 0 Å². The third-order valence-electron chi connectivity index (χ3n) is 1.11. The molecule has 0 saturated carbocycles. The Bertz CT molecular complexity index is 156. The molecule has 0 unspecified atom stereocenters. The summed E-state index contributed by atoms with van der Waals surface area (Å²) in [5, 5.41) is 2.13. The molecule has 0 aliphatic carbocycles. The highest BCUT2D eigenvalue weighted by atomic mass is 32.2. The summed E-state index contributed by atoms with van der Waals surface area (Å²) in [6.45, 7) is 3.79. The average molecular weight is 171 g/mol. The summed E-state index contributed by atoms with van der Waals surface area (Å²) in [5.74, 6) is 2.34. The second-order valence-corrected chi connectivity index (χ2v) is 4.12. The van der Waals surface area contributed by atoms with Crippen molar-refractivity contribution in [2.24, 2.45) is 0 Å². The van der Waals surface area contributed by atoms with Gasteiger partial charge in [-0.2, -0.15) is 11.8 Å². The van der Waals surface area contributed by atoms with E-state index in [1.807, 2.05) is 23.1 Å². The maximum Gasteiger partial charge on any atom is 0.0278 e. The SMILES string of the molecule is [CH2]CCSCc1cccs1. The second kappa shape index (κ2) is 4.80. The third-order valence-corrected chi connectivity index (χ3v) is 3.26. The minimum absolute atomic E-state index is 1.04. The van der Waals surface area contributed by atoms with Crippen molar-refractivity contribution < 1.29 is 0 Å². The number of rotatable bonds is 4. The molecule has 0 aromatic carbocycles. The molecule has 0 aliphatic heterocycles. The summed E-state index contributed by atoms with van der Waals surface area (Å²) in [6, 6.07) is 4.28. The first-order valence-electron chi connectivity index (χ1n) is 3.33. The van der Waals surface area contributed by atoms with Crippen LogP contribution in [0.15, 0.2) is 17.5 Å². The summed E-state index contributed by atoms with van der Waals surface area (Å²) in [7, 11) is 0. The minimum atomic E-state index is 1.04. The van der Waals surface area contributed by atoms with Gasteiger partial charge in [0.25, 0.3) is 0 Å². The fourth-order valence-electron chi connectivity index (χ4n) is 0.670. The van der Waals surface area contributed by atoms with Crippen LogP contribution in [-0.4, -0.2) is 5.75 Å². The molecule has 0 nitrogen and oxygen atoms in total. The van der Waals surface area contributed by atoms with Gasteiger partial charge in [-0.15, -0.1) is 11.3 Å². The molecule has 0 spiro atoms. The van der Waals surface area contributed by atoms with Gasteiger partial charge in [0.05, 0.1) is 0 Å². The summed E-state index contributed by atoms with van der Waals surface area (Å²) < 4.78 is 0. The summed E-state index contributed by atoms with van der Waals surface area (Å²) in [6.07, 6.45) is 1.04. The zero-order chi connectivity index (χ0) is 7.23. The van der Waals surface area contributed by atoms with Gasteiger partial charge in [0, 0.05) is 10.6 Å². The van der Waals surface area contributed by atoms with Crippen LogP contribution in [0.25, 0.3) is 0 Å². The lowest BCUT2D eigenvalue weighted by Gasteiger charge is -1.93. The van der Waals surface area contributed by atoms with E-state index in [4.69, 9.17) is 0 Å². The van der Waals surface area contributed by atoms with Crippen LogP contribution < -0.4 is 0 Å². The van der Waals surface area contributed by atoms with Crippen molar-refractivity contribution in [1.29, 1.82) is 0 Å². The van der Waals surface area contributed by atoms with Crippen LogP contribution in [0.4, 0.5) is 0 Å². The van der Waals surface area contributed by atoms with E-state index in [1.54, 1.807) is 0 Å². The molecule has 0 bridgehead atoms. The third kappa shape index (κ3) is 2.76. The zero-order valence-corrected chi connectivity index (χ0v) is 7.51. The summed E-state index contributed by atoms with van der Waals surface area (Å²) in [5.41, 5.74) is 0. The number of hydrogen-bond acceptors (Lipinski definition) is 2.